The minimum atomic E-state index is -0.429. The molecule has 0 unspecified atom stereocenters. The number of carbonyl (C=O) groups is 1. The minimum Gasteiger partial charge on any atom is -0.348 e. The molecular formula is C26H28FN5O2. The van der Waals surface area contributed by atoms with Crippen molar-refractivity contribution < 1.29 is 9.18 Å². The topological polar surface area (TPSA) is 92.7 Å². The first-order valence-electron chi connectivity index (χ1n) is 11.4. The molecule has 8 heteroatoms. The summed E-state index contributed by atoms with van der Waals surface area (Å²) in [6.45, 7) is 8.03. The number of halogens is 1. The highest BCUT2D eigenvalue weighted by Crippen LogP contribution is 2.28. The number of pyridine rings is 2. The molecule has 7 nitrogen and oxygen atoms in total. The summed E-state index contributed by atoms with van der Waals surface area (Å²) in [5.74, 6) is -0.749. The first-order chi connectivity index (χ1) is 16.3. The van der Waals surface area contributed by atoms with Gasteiger partial charge in [-0.1, -0.05) is 13.3 Å². The molecule has 0 atom stereocenters. The van der Waals surface area contributed by atoms with Crippen LogP contribution in [-0.2, 0) is 13.0 Å². The zero-order chi connectivity index (χ0) is 24.4. The first-order valence-corrected chi connectivity index (χ1v) is 11.4. The lowest BCUT2D eigenvalue weighted by atomic mass is 10.0. The monoisotopic (exact) mass is 461 g/mol. The normalized spacial score (nSPS) is 11.4. The van der Waals surface area contributed by atoms with Crippen LogP contribution in [0.1, 0.15) is 60.4 Å². The lowest BCUT2D eigenvalue weighted by Gasteiger charge is -2.13. The molecule has 0 saturated heterocycles. The smallest absolute Gasteiger partial charge is 0.253 e. The van der Waals surface area contributed by atoms with Crippen LogP contribution in [0.25, 0.3) is 22.2 Å². The van der Waals surface area contributed by atoms with Crippen molar-refractivity contribution in [3.8, 4) is 11.3 Å². The molecule has 0 saturated carbocycles. The Hall–Kier alpha value is -3.81. The molecule has 4 aromatic rings. The lowest BCUT2D eigenvalue weighted by molar-refractivity contribution is 0.0952. The molecular weight excluding hydrogens is 433 g/mol. The van der Waals surface area contributed by atoms with Gasteiger partial charge < -0.3 is 10.3 Å². The second-order valence-electron chi connectivity index (χ2n) is 8.72. The van der Waals surface area contributed by atoms with Crippen molar-refractivity contribution in [1.29, 1.82) is 0 Å². The average molecular weight is 462 g/mol. The number of aryl methyl sites for hydroxylation is 2. The van der Waals surface area contributed by atoms with Crippen LogP contribution in [0.3, 0.4) is 0 Å². The van der Waals surface area contributed by atoms with Crippen LogP contribution in [0.4, 0.5) is 4.39 Å². The van der Waals surface area contributed by atoms with E-state index in [9.17, 15) is 14.0 Å². The highest BCUT2D eigenvalue weighted by Gasteiger charge is 2.18. The summed E-state index contributed by atoms with van der Waals surface area (Å²) in [6, 6.07) is 8.59. The van der Waals surface area contributed by atoms with Crippen molar-refractivity contribution in [2.45, 2.75) is 53.1 Å². The molecule has 3 aromatic heterocycles. The van der Waals surface area contributed by atoms with E-state index in [4.69, 9.17) is 0 Å². The van der Waals surface area contributed by atoms with Gasteiger partial charge >= 0.3 is 0 Å². The number of H-pyrrole nitrogens is 1. The molecule has 3 heterocycles. The predicted octanol–water partition coefficient (Wildman–Crippen LogP) is 4.70. The second-order valence-corrected chi connectivity index (χ2v) is 8.72. The number of nitrogens with one attached hydrogen (secondary N) is 2. The van der Waals surface area contributed by atoms with E-state index >= 15 is 0 Å². The van der Waals surface area contributed by atoms with Crippen molar-refractivity contribution in [1.82, 2.24) is 25.1 Å². The maximum atomic E-state index is 13.4. The van der Waals surface area contributed by atoms with Crippen LogP contribution in [0, 0.1) is 12.7 Å². The van der Waals surface area contributed by atoms with Gasteiger partial charge in [0, 0.05) is 34.8 Å². The number of hydrogen-bond donors (Lipinski definition) is 2. The molecule has 1 aromatic carbocycles. The predicted molar refractivity (Wildman–Crippen MR) is 130 cm³/mol. The number of carbonyl (C=O) groups excluding carboxylic acids is 1. The summed E-state index contributed by atoms with van der Waals surface area (Å²) >= 11 is 0. The SMILES string of the molecule is CCCc1cc(C)[nH]c(=O)c1CNC(=O)c1cc(-c2ccc(F)cn2)cc2c1cnn2C(C)C. The molecule has 1 amide bonds. The summed E-state index contributed by atoms with van der Waals surface area (Å²) in [4.78, 5) is 32.9. The van der Waals surface area contributed by atoms with Gasteiger partial charge in [0.25, 0.3) is 11.5 Å². The van der Waals surface area contributed by atoms with Crippen molar-refractivity contribution in [2.75, 3.05) is 0 Å². The average Bonchev–Trinajstić information content (AvgIpc) is 3.22. The summed E-state index contributed by atoms with van der Waals surface area (Å²) < 4.78 is 15.3. The van der Waals surface area contributed by atoms with Gasteiger partial charge in [0.15, 0.2) is 0 Å². The largest absolute Gasteiger partial charge is 0.348 e. The molecule has 0 radical (unpaired) electrons. The molecule has 0 bridgehead atoms. The third-order valence-electron chi connectivity index (χ3n) is 5.78. The van der Waals surface area contributed by atoms with Crippen LogP contribution in [0.15, 0.2) is 47.5 Å². The summed E-state index contributed by atoms with van der Waals surface area (Å²) in [5, 5.41) is 8.08. The summed E-state index contributed by atoms with van der Waals surface area (Å²) in [7, 11) is 0. The van der Waals surface area contributed by atoms with Crippen molar-refractivity contribution >= 4 is 16.8 Å². The number of hydrogen-bond acceptors (Lipinski definition) is 4. The molecule has 34 heavy (non-hydrogen) atoms. The fraction of sp³-hybridized carbons (Fsp3) is 0.308. The van der Waals surface area contributed by atoms with Gasteiger partial charge in [-0.25, -0.2) is 4.39 Å². The van der Waals surface area contributed by atoms with E-state index in [1.165, 1.54) is 6.07 Å². The number of fused-ring (bicyclic) bond motifs is 1. The number of aromatic amines is 1. The molecule has 0 aliphatic carbocycles. The van der Waals surface area contributed by atoms with Crippen molar-refractivity contribution in [2.24, 2.45) is 0 Å². The standard InChI is InChI=1S/C26H28FN5O2/c1-5-6-17-9-16(4)31-26(34)21(17)13-29-25(33)20-10-18(23-8-7-19(27)12-28-23)11-24-22(20)14-30-32(24)15(2)3/h7-12,14-15H,5-6,13H2,1-4H3,(H,29,33)(H,31,34). The Morgan fingerprint density at radius 2 is 2.00 bits per heavy atom. The molecule has 0 spiro atoms. The van der Waals surface area contributed by atoms with E-state index in [1.54, 1.807) is 18.3 Å². The van der Waals surface area contributed by atoms with Crippen LogP contribution in [0.2, 0.25) is 0 Å². The number of benzene rings is 1. The third-order valence-corrected chi connectivity index (χ3v) is 5.78. The van der Waals surface area contributed by atoms with Crippen molar-refractivity contribution in [3.05, 3.63) is 81.3 Å². The van der Waals surface area contributed by atoms with Crippen LogP contribution < -0.4 is 10.9 Å². The van der Waals surface area contributed by atoms with Crippen LogP contribution >= 0.6 is 0 Å². The molecule has 4 rings (SSSR count). The quantitative estimate of drug-likeness (QED) is 0.417. The lowest BCUT2D eigenvalue weighted by Crippen LogP contribution is -2.28. The van der Waals surface area contributed by atoms with Gasteiger partial charge in [0.05, 0.1) is 29.2 Å². The van der Waals surface area contributed by atoms with Crippen LogP contribution in [0.5, 0.6) is 0 Å². The van der Waals surface area contributed by atoms with Gasteiger partial charge in [-0.05, 0) is 63.1 Å². The number of nitrogens with zero attached hydrogens (tertiary/aromatic N) is 3. The van der Waals surface area contributed by atoms with E-state index in [-0.39, 0.29) is 24.1 Å². The van der Waals surface area contributed by atoms with Gasteiger partial charge in [0.1, 0.15) is 5.82 Å². The third kappa shape index (κ3) is 4.62. The molecule has 0 fully saturated rings. The number of amides is 1. The highest BCUT2D eigenvalue weighted by molar-refractivity contribution is 6.07. The van der Waals surface area contributed by atoms with Crippen molar-refractivity contribution in [3.63, 3.8) is 0 Å². The maximum Gasteiger partial charge on any atom is 0.253 e. The number of aromatic nitrogens is 4. The Bertz CT molecular complexity index is 1400. The van der Waals surface area contributed by atoms with Crippen LogP contribution in [-0.4, -0.2) is 25.7 Å². The second kappa shape index (κ2) is 9.59. The number of rotatable bonds is 7. The summed E-state index contributed by atoms with van der Waals surface area (Å²) in [6.07, 6.45) is 4.48. The first kappa shape index (κ1) is 23.4. The minimum absolute atomic E-state index is 0.0764. The Balaban J connectivity index is 1.74. The van der Waals surface area contributed by atoms with E-state index in [0.29, 0.717) is 27.8 Å². The van der Waals surface area contributed by atoms with Gasteiger partial charge in [-0.2, -0.15) is 5.10 Å². The van der Waals surface area contributed by atoms with Gasteiger partial charge in [0.2, 0.25) is 0 Å². The fourth-order valence-corrected chi connectivity index (χ4v) is 4.17. The van der Waals surface area contributed by atoms with Gasteiger partial charge in [-0.3, -0.25) is 19.3 Å². The van der Waals surface area contributed by atoms with E-state index in [2.05, 4.69) is 27.3 Å². The zero-order valence-corrected chi connectivity index (χ0v) is 19.8. The molecule has 0 aliphatic rings. The van der Waals surface area contributed by atoms with Gasteiger partial charge in [-0.15, -0.1) is 0 Å². The molecule has 0 aliphatic heterocycles. The Morgan fingerprint density at radius 1 is 1.21 bits per heavy atom. The highest BCUT2D eigenvalue weighted by atomic mass is 19.1. The summed E-state index contributed by atoms with van der Waals surface area (Å²) in [5.41, 5.74) is 4.54. The fourth-order valence-electron chi connectivity index (χ4n) is 4.17. The molecule has 2 N–H and O–H groups in total. The Morgan fingerprint density at radius 3 is 2.68 bits per heavy atom. The Kier molecular flexibility index (Phi) is 6.58. The van der Waals surface area contributed by atoms with E-state index in [1.807, 2.05) is 37.6 Å². The zero-order valence-electron chi connectivity index (χ0n) is 19.8. The Labute approximate surface area is 197 Å². The maximum absolute atomic E-state index is 13.4. The molecule has 176 valence electrons. The van der Waals surface area contributed by atoms with E-state index < -0.39 is 5.82 Å². The van der Waals surface area contributed by atoms with E-state index in [0.717, 1.165) is 35.8 Å².